The van der Waals surface area contributed by atoms with Gasteiger partial charge in [-0.15, -0.1) is 0 Å². The number of hydrogen-bond acceptors (Lipinski definition) is 3. The first kappa shape index (κ1) is 17.0. The van der Waals surface area contributed by atoms with Gasteiger partial charge in [-0.05, 0) is 37.0 Å². The zero-order valence-electron chi connectivity index (χ0n) is 13.0. The molecule has 116 valence electrons. The van der Waals surface area contributed by atoms with Gasteiger partial charge in [0.2, 0.25) is 5.91 Å². The molecule has 0 heterocycles. The van der Waals surface area contributed by atoms with Crippen molar-refractivity contribution in [3.63, 3.8) is 0 Å². The predicted molar refractivity (Wildman–Crippen MR) is 85.5 cm³/mol. The zero-order valence-corrected chi connectivity index (χ0v) is 13.0. The van der Waals surface area contributed by atoms with E-state index in [0.717, 1.165) is 18.5 Å². The van der Waals surface area contributed by atoms with Crippen molar-refractivity contribution in [3.05, 3.63) is 29.8 Å². The molecule has 21 heavy (non-hydrogen) atoms. The van der Waals surface area contributed by atoms with Gasteiger partial charge in [-0.1, -0.05) is 44.5 Å². The van der Waals surface area contributed by atoms with Gasteiger partial charge in [0.25, 0.3) is 0 Å². The lowest BCUT2D eigenvalue weighted by Gasteiger charge is -2.28. The van der Waals surface area contributed by atoms with Gasteiger partial charge in [-0.25, -0.2) is 0 Å². The average Bonchev–Trinajstić information content (AvgIpc) is 2.51. The van der Waals surface area contributed by atoms with E-state index in [1.807, 2.05) is 38.1 Å². The number of nitrogens with one attached hydrogen (secondary N) is 1. The molecule has 0 fully saturated rings. The summed E-state index contributed by atoms with van der Waals surface area (Å²) in [6.07, 6.45) is 3.05. The molecule has 0 bridgehead atoms. The second-order valence-corrected chi connectivity index (χ2v) is 5.18. The number of anilines is 1. The molecular formula is C16H25N3O2. The molecule has 0 atom stereocenters. The number of benzene rings is 1. The maximum absolute atomic E-state index is 12.5. The van der Waals surface area contributed by atoms with Crippen LogP contribution in [-0.4, -0.2) is 17.0 Å². The molecular weight excluding hydrogens is 266 g/mol. The molecule has 5 heteroatoms. The highest BCUT2D eigenvalue weighted by atomic mass is 16.4. The Morgan fingerprint density at radius 3 is 2.24 bits per heavy atom. The van der Waals surface area contributed by atoms with Gasteiger partial charge in [-0.2, -0.15) is 0 Å². The Kier molecular flexibility index (Phi) is 6.21. The molecule has 0 aliphatic heterocycles. The van der Waals surface area contributed by atoms with Crippen molar-refractivity contribution < 1.29 is 10.0 Å². The fourth-order valence-corrected chi connectivity index (χ4v) is 2.44. The summed E-state index contributed by atoms with van der Waals surface area (Å²) in [5.41, 5.74) is 6.71. The van der Waals surface area contributed by atoms with Crippen LogP contribution < -0.4 is 11.1 Å². The summed E-state index contributed by atoms with van der Waals surface area (Å²) in [6, 6.07) is 7.76. The fourth-order valence-electron chi connectivity index (χ4n) is 2.44. The second kappa shape index (κ2) is 7.67. The van der Waals surface area contributed by atoms with Crippen LogP contribution in [0.2, 0.25) is 0 Å². The lowest BCUT2D eigenvalue weighted by molar-refractivity contribution is -0.122. The third kappa shape index (κ3) is 3.74. The standard InChI is InChI=1S/C16H25N3O2/c1-4-7-12-8-10-13(11-9-12)18-15(20)16(5-2,6-3)14(17)19-21/h8-11,21H,4-7H2,1-3H3,(H2,17,19)(H,18,20). The number of rotatable bonds is 7. The van der Waals surface area contributed by atoms with E-state index < -0.39 is 5.41 Å². The van der Waals surface area contributed by atoms with Gasteiger partial charge < -0.3 is 16.3 Å². The maximum atomic E-state index is 12.5. The van der Waals surface area contributed by atoms with Crippen molar-refractivity contribution in [3.8, 4) is 0 Å². The van der Waals surface area contributed by atoms with Crippen molar-refractivity contribution in [2.45, 2.75) is 46.5 Å². The molecule has 5 nitrogen and oxygen atoms in total. The summed E-state index contributed by atoms with van der Waals surface area (Å²) in [7, 11) is 0. The number of amides is 1. The number of carbonyl (C=O) groups is 1. The van der Waals surface area contributed by atoms with Crippen molar-refractivity contribution in [2.75, 3.05) is 5.32 Å². The minimum absolute atomic E-state index is 0.0485. The van der Waals surface area contributed by atoms with Crippen molar-refractivity contribution in [1.82, 2.24) is 0 Å². The summed E-state index contributed by atoms with van der Waals surface area (Å²) in [5, 5.41) is 14.8. The van der Waals surface area contributed by atoms with Crippen LogP contribution in [0.15, 0.2) is 29.4 Å². The monoisotopic (exact) mass is 291 g/mol. The second-order valence-electron chi connectivity index (χ2n) is 5.18. The molecule has 0 spiro atoms. The molecule has 0 unspecified atom stereocenters. The van der Waals surface area contributed by atoms with E-state index in [-0.39, 0.29) is 11.7 Å². The van der Waals surface area contributed by atoms with Crippen LogP contribution in [0, 0.1) is 5.41 Å². The molecule has 0 saturated carbocycles. The van der Waals surface area contributed by atoms with E-state index in [2.05, 4.69) is 17.4 Å². The summed E-state index contributed by atoms with van der Waals surface area (Å²) < 4.78 is 0. The van der Waals surface area contributed by atoms with Gasteiger partial charge >= 0.3 is 0 Å². The van der Waals surface area contributed by atoms with Gasteiger partial charge in [-0.3, -0.25) is 4.79 Å². The highest BCUT2D eigenvalue weighted by molar-refractivity contribution is 6.11. The highest BCUT2D eigenvalue weighted by Crippen LogP contribution is 2.28. The Balaban J connectivity index is 2.92. The highest BCUT2D eigenvalue weighted by Gasteiger charge is 2.39. The first-order valence-electron chi connectivity index (χ1n) is 7.42. The molecule has 4 N–H and O–H groups in total. The Hall–Kier alpha value is -2.04. The van der Waals surface area contributed by atoms with Crippen LogP contribution in [0.4, 0.5) is 5.69 Å². The van der Waals surface area contributed by atoms with E-state index in [9.17, 15) is 4.79 Å². The average molecular weight is 291 g/mol. The Bertz CT molecular complexity index is 491. The van der Waals surface area contributed by atoms with Crippen molar-refractivity contribution >= 4 is 17.4 Å². The van der Waals surface area contributed by atoms with Gasteiger partial charge in [0, 0.05) is 5.69 Å². The zero-order chi connectivity index (χ0) is 15.9. The maximum Gasteiger partial charge on any atom is 0.238 e. The molecule has 1 amide bonds. The lowest BCUT2D eigenvalue weighted by atomic mass is 9.80. The lowest BCUT2D eigenvalue weighted by Crippen LogP contribution is -2.46. The Morgan fingerprint density at radius 2 is 1.81 bits per heavy atom. The van der Waals surface area contributed by atoms with Gasteiger partial charge in [0.1, 0.15) is 5.41 Å². The van der Waals surface area contributed by atoms with Crippen molar-refractivity contribution in [2.24, 2.45) is 16.3 Å². The van der Waals surface area contributed by atoms with Crippen LogP contribution in [0.3, 0.4) is 0 Å². The number of hydrogen-bond donors (Lipinski definition) is 3. The minimum atomic E-state index is -0.975. The molecule has 0 aliphatic rings. The first-order valence-corrected chi connectivity index (χ1v) is 7.42. The van der Waals surface area contributed by atoms with Crippen LogP contribution in [0.1, 0.15) is 45.6 Å². The molecule has 0 aliphatic carbocycles. The van der Waals surface area contributed by atoms with Crippen LogP contribution in [-0.2, 0) is 11.2 Å². The van der Waals surface area contributed by atoms with Gasteiger partial charge in [0.05, 0.1) is 0 Å². The number of oxime groups is 1. The number of nitrogens with zero attached hydrogens (tertiary/aromatic N) is 1. The van der Waals surface area contributed by atoms with Crippen molar-refractivity contribution in [1.29, 1.82) is 0 Å². The molecule has 1 aromatic rings. The van der Waals surface area contributed by atoms with Crippen LogP contribution in [0.5, 0.6) is 0 Å². The minimum Gasteiger partial charge on any atom is -0.409 e. The molecule has 0 radical (unpaired) electrons. The van der Waals surface area contributed by atoms with E-state index in [1.54, 1.807) is 0 Å². The molecule has 1 rings (SSSR count). The number of nitrogens with two attached hydrogens (primary N) is 1. The summed E-state index contributed by atoms with van der Waals surface area (Å²) in [6.45, 7) is 5.83. The third-order valence-corrected chi connectivity index (χ3v) is 3.99. The van der Waals surface area contributed by atoms with E-state index in [4.69, 9.17) is 10.9 Å². The fraction of sp³-hybridized carbons (Fsp3) is 0.500. The molecule has 0 aromatic heterocycles. The van der Waals surface area contributed by atoms with Crippen LogP contribution >= 0.6 is 0 Å². The smallest absolute Gasteiger partial charge is 0.238 e. The molecule has 1 aromatic carbocycles. The third-order valence-electron chi connectivity index (χ3n) is 3.99. The normalized spacial score (nSPS) is 12.2. The number of aryl methyl sites for hydroxylation is 1. The largest absolute Gasteiger partial charge is 0.409 e. The number of amidine groups is 1. The Labute approximate surface area is 126 Å². The SMILES string of the molecule is CCCc1ccc(NC(=O)C(CC)(CC)C(N)=NO)cc1. The van der Waals surface area contributed by atoms with E-state index >= 15 is 0 Å². The van der Waals surface area contributed by atoms with Gasteiger partial charge in [0.15, 0.2) is 5.84 Å². The summed E-state index contributed by atoms with van der Waals surface area (Å²) in [4.78, 5) is 12.5. The predicted octanol–water partition coefficient (Wildman–Crippen LogP) is 3.13. The quantitative estimate of drug-likeness (QED) is 0.312. The summed E-state index contributed by atoms with van der Waals surface area (Å²) in [5.74, 6) is -0.293. The Morgan fingerprint density at radius 1 is 1.24 bits per heavy atom. The first-order chi connectivity index (χ1) is 10.0. The molecule has 0 saturated heterocycles. The topological polar surface area (TPSA) is 87.7 Å². The van der Waals surface area contributed by atoms with E-state index in [1.165, 1.54) is 5.56 Å². The number of carbonyl (C=O) groups excluding carboxylic acids is 1. The van der Waals surface area contributed by atoms with E-state index in [0.29, 0.717) is 12.8 Å². The summed E-state index contributed by atoms with van der Waals surface area (Å²) >= 11 is 0. The van der Waals surface area contributed by atoms with Crippen LogP contribution in [0.25, 0.3) is 0 Å².